The lowest BCUT2D eigenvalue weighted by atomic mass is 10.00. The van der Waals surface area contributed by atoms with Crippen LogP contribution in [0.4, 0.5) is 10.1 Å². The third-order valence-corrected chi connectivity index (χ3v) is 7.12. The molecule has 1 saturated heterocycles. The third kappa shape index (κ3) is 4.15. The number of rotatable bonds is 4. The molecule has 3 atom stereocenters. The number of hydrogen-bond donors (Lipinski definition) is 3. The highest BCUT2D eigenvalue weighted by molar-refractivity contribution is 9.10. The second kappa shape index (κ2) is 8.52. The van der Waals surface area contributed by atoms with E-state index in [2.05, 4.69) is 47.1 Å². The van der Waals surface area contributed by atoms with Crippen molar-refractivity contribution in [3.8, 4) is 0 Å². The molecule has 0 aromatic heterocycles. The minimum atomic E-state index is -0.235. The van der Waals surface area contributed by atoms with Crippen molar-refractivity contribution in [3.63, 3.8) is 0 Å². The van der Waals surface area contributed by atoms with Crippen molar-refractivity contribution in [2.75, 3.05) is 11.1 Å². The molecule has 1 amide bonds. The van der Waals surface area contributed by atoms with Crippen LogP contribution in [0.1, 0.15) is 18.0 Å². The number of halogens is 2. The minimum absolute atomic E-state index is 0.0308. The lowest BCUT2D eigenvalue weighted by Gasteiger charge is -2.36. The van der Waals surface area contributed by atoms with Crippen molar-refractivity contribution in [3.05, 3.63) is 76.8 Å². The Labute approximate surface area is 191 Å². The zero-order valence-corrected chi connectivity index (χ0v) is 18.7. The Morgan fingerprint density at radius 1 is 1.23 bits per heavy atom. The number of anilines is 1. The van der Waals surface area contributed by atoms with E-state index in [1.807, 2.05) is 48.8 Å². The number of hydrazone groups is 1. The average molecular weight is 503 g/mol. The van der Waals surface area contributed by atoms with E-state index in [0.717, 1.165) is 27.3 Å². The van der Waals surface area contributed by atoms with Crippen LogP contribution in [0.5, 0.6) is 0 Å². The monoisotopic (exact) mass is 502 g/mol. The summed E-state index contributed by atoms with van der Waals surface area (Å²) in [6, 6.07) is 14.4. The molecule has 0 aliphatic carbocycles. The quantitative estimate of drug-likeness (QED) is 0.593. The van der Waals surface area contributed by atoms with Crippen LogP contribution in [0.15, 0.2) is 70.5 Å². The van der Waals surface area contributed by atoms with Crippen molar-refractivity contribution in [1.29, 1.82) is 0 Å². The maximum absolute atomic E-state index is 13.3. The summed E-state index contributed by atoms with van der Waals surface area (Å²) in [5.74, 6) is -0.0738. The molecule has 0 saturated carbocycles. The SMILES string of the molecule is O=C(CSC1=NNC2C3CC(c4ccc(F)cc4)NN3C=CN12)Nc1ccccc1Br. The number of para-hydroxylation sites is 1. The zero-order valence-electron chi connectivity index (χ0n) is 16.3. The van der Waals surface area contributed by atoms with Crippen molar-refractivity contribution in [2.45, 2.75) is 24.7 Å². The Kier molecular flexibility index (Phi) is 5.59. The molecule has 5 rings (SSSR count). The highest BCUT2D eigenvalue weighted by atomic mass is 79.9. The fourth-order valence-corrected chi connectivity index (χ4v) is 5.10. The number of carbonyl (C=O) groups is 1. The predicted molar refractivity (Wildman–Crippen MR) is 123 cm³/mol. The maximum Gasteiger partial charge on any atom is 0.234 e. The summed E-state index contributed by atoms with van der Waals surface area (Å²) in [5, 5.41) is 10.2. The molecule has 3 aliphatic heterocycles. The molecule has 31 heavy (non-hydrogen) atoms. The third-order valence-electron chi connectivity index (χ3n) is 5.46. The van der Waals surface area contributed by atoms with E-state index >= 15 is 0 Å². The van der Waals surface area contributed by atoms with E-state index < -0.39 is 0 Å². The van der Waals surface area contributed by atoms with Gasteiger partial charge in [-0.3, -0.25) is 10.2 Å². The van der Waals surface area contributed by atoms with Crippen LogP contribution in [0.3, 0.4) is 0 Å². The van der Waals surface area contributed by atoms with Crippen LogP contribution in [0.25, 0.3) is 0 Å². The number of hydrogen-bond acceptors (Lipinski definition) is 7. The molecule has 2 aromatic rings. The topological polar surface area (TPSA) is 72.0 Å². The average Bonchev–Trinajstić information content (AvgIpc) is 3.38. The first-order valence-electron chi connectivity index (χ1n) is 9.85. The Hall–Kier alpha value is -2.56. The van der Waals surface area contributed by atoms with E-state index in [-0.39, 0.29) is 35.7 Å². The largest absolute Gasteiger partial charge is 0.324 e. The number of nitrogens with zero attached hydrogens (tertiary/aromatic N) is 3. The fourth-order valence-electron chi connectivity index (χ4n) is 3.94. The molecule has 160 valence electrons. The smallest absolute Gasteiger partial charge is 0.234 e. The summed E-state index contributed by atoms with van der Waals surface area (Å²) in [4.78, 5) is 14.4. The summed E-state index contributed by atoms with van der Waals surface area (Å²) in [7, 11) is 0. The fraction of sp³-hybridized carbons (Fsp3) is 0.238. The van der Waals surface area contributed by atoms with Gasteiger partial charge in [-0.2, -0.15) is 5.10 Å². The Bertz CT molecular complexity index is 1050. The van der Waals surface area contributed by atoms with Crippen LogP contribution >= 0.6 is 27.7 Å². The first-order valence-corrected chi connectivity index (χ1v) is 11.6. The van der Waals surface area contributed by atoms with Crippen molar-refractivity contribution in [2.24, 2.45) is 5.10 Å². The molecular formula is C21H20BrFN6OS. The molecular weight excluding hydrogens is 483 g/mol. The molecule has 10 heteroatoms. The van der Waals surface area contributed by atoms with Crippen LogP contribution < -0.4 is 16.2 Å². The van der Waals surface area contributed by atoms with Gasteiger partial charge in [0.2, 0.25) is 5.91 Å². The highest BCUT2D eigenvalue weighted by Gasteiger charge is 2.44. The van der Waals surface area contributed by atoms with E-state index in [1.54, 1.807) is 0 Å². The normalized spacial score (nSPS) is 23.8. The number of carbonyl (C=O) groups excluding carboxylic acids is 1. The summed E-state index contributed by atoms with van der Waals surface area (Å²) in [6.45, 7) is 0. The lowest BCUT2D eigenvalue weighted by Crippen LogP contribution is -2.54. The minimum Gasteiger partial charge on any atom is -0.324 e. The molecule has 0 radical (unpaired) electrons. The molecule has 3 aliphatic rings. The highest BCUT2D eigenvalue weighted by Crippen LogP contribution is 2.35. The summed E-state index contributed by atoms with van der Waals surface area (Å²) in [6.07, 6.45) is 4.75. The van der Waals surface area contributed by atoms with Crippen LogP contribution in [0.2, 0.25) is 0 Å². The van der Waals surface area contributed by atoms with E-state index in [1.165, 1.54) is 23.9 Å². The predicted octanol–water partition coefficient (Wildman–Crippen LogP) is 3.57. The number of thioether (sulfide) groups is 1. The van der Waals surface area contributed by atoms with Gasteiger partial charge in [-0.05, 0) is 52.2 Å². The van der Waals surface area contributed by atoms with Crippen LogP contribution in [0, 0.1) is 5.82 Å². The Morgan fingerprint density at radius 3 is 2.84 bits per heavy atom. The Morgan fingerprint density at radius 2 is 2.03 bits per heavy atom. The van der Waals surface area contributed by atoms with E-state index in [4.69, 9.17) is 0 Å². The molecule has 3 N–H and O–H groups in total. The van der Waals surface area contributed by atoms with E-state index in [9.17, 15) is 9.18 Å². The zero-order chi connectivity index (χ0) is 21.4. The van der Waals surface area contributed by atoms with Gasteiger partial charge in [-0.1, -0.05) is 36.0 Å². The molecule has 1 fully saturated rings. The van der Waals surface area contributed by atoms with Gasteiger partial charge in [0.25, 0.3) is 0 Å². The number of amides is 1. The summed E-state index contributed by atoms with van der Waals surface area (Å²) >= 11 is 4.83. The molecule has 3 unspecified atom stereocenters. The number of amidine groups is 1. The van der Waals surface area contributed by atoms with Gasteiger partial charge in [0.05, 0.1) is 23.5 Å². The van der Waals surface area contributed by atoms with Gasteiger partial charge in [-0.25, -0.2) is 9.82 Å². The molecule has 3 heterocycles. The van der Waals surface area contributed by atoms with Crippen molar-refractivity contribution < 1.29 is 9.18 Å². The number of nitrogens with one attached hydrogen (secondary N) is 3. The summed E-state index contributed by atoms with van der Waals surface area (Å²) in [5.41, 5.74) is 8.47. The van der Waals surface area contributed by atoms with E-state index in [0.29, 0.717) is 0 Å². The van der Waals surface area contributed by atoms with Gasteiger partial charge in [0.1, 0.15) is 12.0 Å². The van der Waals surface area contributed by atoms with Crippen LogP contribution in [-0.4, -0.2) is 38.9 Å². The first-order chi connectivity index (χ1) is 15.1. The molecule has 0 bridgehead atoms. The maximum atomic E-state index is 13.3. The van der Waals surface area contributed by atoms with Crippen LogP contribution in [-0.2, 0) is 4.79 Å². The molecule has 0 spiro atoms. The standard InChI is InChI=1S/C21H20BrFN6OS/c22-15-3-1-2-4-16(15)24-19(30)12-31-21-26-25-20-18-11-17(13-5-7-14(23)8-6-13)27-29(18)10-9-28(20)21/h1-10,17-18,20,25,27H,11-12H2,(H,24,30). The van der Waals surface area contributed by atoms with Crippen molar-refractivity contribution in [1.82, 2.24) is 20.8 Å². The second-order valence-electron chi connectivity index (χ2n) is 7.43. The second-order valence-corrected chi connectivity index (χ2v) is 9.23. The van der Waals surface area contributed by atoms with Gasteiger partial charge in [0.15, 0.2) is 5.17 Å². The molecule has 2 aromatic carbocycles. The van der Waals surface area contributed by atoms with Gasteiger partial charge >= 0.3 is 0 Å². The number of benzene rings is 2. The number of hydrazine groups is 1. The number of fused-ring (bicyclic) bond motifs is 3. The van der Waals surface area contributed by atoms with Gasteiger partial charge < -0.3 is 15.2 Å². The van der Waals surface area contributed by atoms with Crippen molar-refractivity contribution >= 4 is 44.5 Å². The van der Waals surface area contributed by atoms with Gasteiger partial charge in [-0.15, -0.1) is 0 Å². The summed E-state index contributed by atoms with van der Waals surface area (Å²) < 4.78 is 14.1. The van der Waals surface area contributed by atoms with Gasteiger partial charge in [0, 0.05) is 16.9 Å². The Balaban J connectivity index is 1.19. The molecule has 7 nitrogen and oxygen atoms in total. The first kappa shape index (κ1) is 20.3. The lowest BCUT2D eigenvalue weighted by molar-refractivity contribution is -0.113.